The number of aliphatic carboxylic acids is 1. The molecule has 298 valence electrons. The van der Waals surface area contributed by atoms with E-state index in [2.05, 4.69) is 4.98 Å². The smallest absolute Gasteiger partial charge is 0.317 e. The van der Waals surface area contributed by atoms with Crippen molar-refractivity contribution in [2.24, 2.45) is 11.5 Å². The zero-order valence-electron chi connectivity index (χ0n) is 30.8. The van der Waals surface area contributed by atoms with Crippen LogP contribution < -0.4 is 35.2 Å². The van der Waals surface area contributed by atoms with Crippen molar-refractivity contribution in [3.8, 4) is 39.9 Å². The quantitative estimate of drug-likeness (QED) is 0.0695. The summed E-state index contributed by atoms with van der Waals surface area (Å²) in [6.45, 7) is 0. The van der Waals surface area contributed by atoms with E-state index in [-0.39, 0.29) is 11.7 Å². The number of nitrogens with two attached hydrogens (primary N) is 2. The number of esters is 1. The first-order valence-corrected chi connectivity index (χ1v) is 18.6. The van der Waals surface area contributed by atoms with Crippen LogP contribution in [0.5, 0.6) is 28.7 Å². The maximum absolute atomic E-state index is 12.3. The van der Waals surface area contributed by atoms with Crippen molar-refractivity contribution in [1.82, 2.24) is 4.98 Å². The monoisotopic (exact) mass is 775 g/mol. The fourth-order valence-corrected chi connectivity index (χ4v) is 8.89. The summed E-state index contributed by atoms with van der Waals surface area (Å²) in [4.78, 5) is 26.8. The lowest BCUT2D eigenvalue weighted by atomic mass is 9.67. The average Bonchev–Trinajstić information content (AvgIpc) is 3.79. The van der Waals surface area contributed by atoms with Gasteiger partial charge in [-0.15, -0.1) is 0 Å². The van der Waals surface area contributed by atoms with Gasteiger partial charge in [0.05, 0.1) is 26.3 Å². The molecule has 16 nitrogen and oxygen atoms in total. The number of aromatic amines is 1. The second-order valence-corrected chi connectivity index (χ2v) is 14.8. The van der Waals surface area contributed by atoms with E-state index >= 15 is 0 Å². The van der Waals surface area contributed by atoms with Crippen LogP contribution in [-0.2, 0) is 19.1 Å². The molecular formula is C40H45N3O13. The zero-order chi connectivity index (χ0) is 39.5. The van der Waals surface area contributed by atoms with Gasteiger partial charge < -0.3 is 70.0 Å². The second kappa shape index (κ2) is 14.8. The van der Waals surface area contributed by atoms with Gasteiger partial charge in [-0.2, -0.15) is 0 Å². The van der Waals surface area contributed by atoms with Crippen LogP contribution in [0.15, 0.2) is 54.7 Å². The van der Waals surface area contributed by atoms with E-state index < -0.39 is 73.0 Å². The summed E-state index contributed by atoms with van der Waals surface area (Å²) >= 11 is 0. The fourth-order valence-electron chi connectivity index (χ4n) is 8.89. The Morgan fingerprint density at radius 3 is 2.45 bits per heavy atom. The molecule has 3 aromatic carbocycles. The average molecular weight is 776 g/mol. The highest BCUT2D eigenvalue weighted by Gasteiger charge is 2.58. The maximum atomic E-state index is 12.3. The molecule has 1 aliphatic carbocycles. The molecule has 8 rings (SSSR count). The van der Waals surface area contributed by atoms with Gasteiger partial charge in [-0.1, -0.05) is 30.7 Å². The maximum Gasteiger partial charge on any atom is 0.317 e. The van der Waals surface area contributed by atoms with Crippen LogP contribution in [0.25, 0.3) is 22.0 Å². The van der Waals surface area contributed by atoms with E-state index in [9.17, 15) is 24.9 Å². The third-order valence-corrected chi connectivity index (χ3v) is 11.4. The number of benzene rings is 3. The number of rotatable bonds is 10. The van der Waals surface area contributed by atoms with Crippen molar-refractivity contribution in [2.75, 3.05) is 14.2 Å². The minimum atomic E-state index is -1.87. The summed E-state index contributed by atoms with van der Waals surface area (Å²) in [5.74, 6) is -0.601. The third-order valence-electron chi connectivity index (χ3n) is 11.4. The Kier molecular flexibility index (Phi) is 9.97. The van der Waals surface area contributed by atoms with Crippen LogP contribution in [0.3, 0.4) is 0 Å². The molecule has 0 bridgehead atoms. The Bertz CT molecular complexity index is 2130. The first-order valence-electron chi connectivity index (χ1n) is 18.6. The van der Waals surface area contributed by atoms with Crippen LogP contribution in [0.1, 0.15) is 61.7 Å². The molecule has 8 unspecified atom stereocenters. The predicted octanol–water partition coefficient (Wildman–Crippen LogP) is 2.98. The summed E-state index contributed by atoms with van der Waals surface area (Å²) in [6.07, 6.45) is -7.09. The molecule has 4 heterocycles. The number of hydrogen-bond acceptors (Lipinski definition) is 14. The molecule has 0 radical (unpaired) electrons. The molecule has 16 heteroatoms. The van der Waals surface area contributed by atoms with E-state index in [1.54, 1.807) is 26.4 Å². The van der Waals surface area contributed by atoms with Gasteiger partial charge in [-0.3, -0.25) is 9.59 Å². The number of H-pyrrole nitrogens is 1. The van der Waals surface area contributed by atoms with Crippen molar-refractivity contribution in [2.45, 2.75) is 99.1 Å². The molecule has 9 N–H and O–H groups in total. The molecule has 1 aromatic heterocycles. The first-order chi connectivity index (χ1) is 26.9. The predicted molar refractivity (Wildman–Crippen MR) is 197 cm³/mol. The molecule has 1 saturated heterocycles. The Morgan fingerprint density at radius 1 is 0.964 bits per heavy atom. The van der Waals surface area contributed by atoms with E-state index in [1.807, 2.05) is 42.6 Å². The van der Waals surface area contributed by atoms with Crippen molar-refractivity contribution < 1.29 is 63.2 Å². The normalized spacial score (nSPS) is 26.7. The van der Waals surface area contributed by atoms with Gasteiger partial charge in [-0.05, 0) is 49.4 Å². The van der Waals surface area contributed by atoms with Gasteiger partial charge in [-0.25, -0.2) is 0 Å². The lowest BCUT2D eigenvalue weighted by molar-refractivity contribution is -0.291. The fraction of sp³-hybridized carbons (Fsp3) is 0.450. The molecule has 4 aromatic rings. The van der Waals surface area contributed by atoms with Crippen LogP contribution in [0.4, 0.5) is 0 Å². The molecule has 56 heavy (non-hydrogen) atoms. The largest absolute Gasteiger partial charge is 0.493 e. The summed E-state index contributed by atoms with van der Waals surface area (Å²) in [7, 11) is 3.16. The Hall–Kier alpha value is -5.10. The van der Waals surface area contributed by atoms with Gasteiger partial charge in [0.2, 0.25) is 12.0 Å². The number of carbonyl (C=O) groups excluding carboxylic acids is 1. The number of carboxylic acids is 1. The lowest BCUT2D eigenvalue weighted by Gasteiger charge is -2.48. The van der Waals surface area contributed by atoms with Gasteiger partial charge in [0.15, 0.2) is 17.6 Å². The Labute approximate surface area is 321 Å². The number of ether oxygens (including phenoxy) is 7. The van der Waals surface area contributed by atoms with Crippen molar-refractivity contribution >= 4 is 22.8 Å². The highest BCUT2D eigenvalue weighted by atomic mass is 16.7. The molecule has 4 aliphatic rings. The number of aliphatic hydroxyl groups excluding tert-OH is 3. The highest BCUT2D eigenvalue weighted by Crippen LogP contribution is 2.65. The molecule has 3 aliphatic heterocycles. The molecule has 8 atom stereocenters. The molecule has 1 spiro atoms. The molecule has 2 fully saturated rings. The first kappa shape index (κ1) is 37.8. The van der Waals surface area contributed by atoms with Crippen LogP contribution >= 0.6 is 0 Å². The Balaban J connectivity index is 1.24. The van der Waals surface area contributed by atoms with Crippen LogP contribution in [-0.4, -0.2) is 100 Å². The molecule has 0 amide bonds. The van der Waals surface area contributed by atoms with Gasteiger partial charge in [0.25, 0.3) is 0 Å². The number of carboxylic acid groups (broad SMARTS) is 1. The summed E-state index contributed by atoms with van der Waals surface area (Å²) < 4.78 is 43.2. The van der Waals surface area contributed by atoms with Gasteiger partial charge in [0, 0.05) is 39.9 Å². The van der Waals surface area contributed by atoms with Crippen LogP contribution in [0, 0.1) is 0 Å². The number of hydrogen-bond donors (Lipinski definition) is 7. The number of fused-ring (bicyclic) bond motifs is 7. The SMILES string of the molecule is COc1ccc2c(c1OC)OC1c3c(cc(OC4OC(C(OC(=O)CC(=O)O)C(N)N)C(O)C(O)C4O)cc3-c3c[nH]c4ccccc34)OC3(CCCCC3)C21. The number of aromatic nitrogens is 1. The number of methoxy groups -OCH3 is 2. The van der Waals surface area contributed by atoms with E-state index in [1.165, 1.54) is 0 Å². The lowest BCUT2D eigenvalue weighted by Crippen LogP contribution is -2.66. The van der Waals surface area contributed by atoms with Crippen molar-refractivity contribution in [1.29, 1.82) is 0 Å². The molecule has 1 saturated carbocycles. The van der Waals surface area contributed by atoms with Crippen molar-refractivity contribution in [3.05, 3.63) is 65.9 Å². The summed E-state index contributed by atoms with van der Waals surface area (Å²) in [5, 5.41) is 43.1. The number of carbonyl (C=O) groups is 2. The van der Waals surface area contributed by atoms with Crippen LogP contribution in [0.2, 0.25) is 0 Å². The van der Waals surface area contributed by atoms with E-state index in [4.69, 9.17) is 49.7 Å². The summed E-state index contributed by atoms with van der Waals surface area (Å²) in [6, 6.07) is 15.2. The van der Waals surface area contributed by atoms with E-state index in [0.717, 1.165) is 59.7 Å². The van der Waals surface area contributed by atoms with Crippen molar-refractivity contribution in [3.63, 3.8) is 0 Å². The summed E-state index contributed by atoms with van der Waals surface area (Å²) in [5.41, 5.74) is 15.2. The minimum absolute atomic E-state index is 0.172. The van der Waals surface area contributed by atoms with E-state index in [0.29, 0.717) is 28.6 Å². The number of para-hydroxylation sites is 1. The van der Waals surface area contributed by atoms with Gasteiger partial charge >= 0.3 is 11.9 Å². The topological polar surface area (TPSA) is 247 Å². The number of nitrogens with one attached hydrogen (secondary N) is 1. The minimum Gasteiger partial charge on any atom is -0.493 e. The second-order valence-electron chi connectivity index (χ2n) is 14.8. The standard InChI is InChI=1S/C40H45N3O13/c1-50-24-11-10-20-29-35(54-33(20)34(24)51-2)28-21(22-17-43-23-9-5-4-8-19(22)23)14-18(15-25(28)56-40(29)12-6-3-7-13-40)52-39-32(49)30(47)31(48)36(55-39)37(38(41)42)53-27(46)16-26(44)45/h4-5,8-11,14-15,17,29-32,35-39,43,47-49H,3,6-7,12-13,16,41-42H2,1-2H3,(H,44,45). The zero-order valence-corrected chi connectivity index (χ0v) is 30.8. The third kappa shape index (κ3) is 6.35. The molecular weight excluding hydrogens is 730 g/mol. The number of aliphatic hydroxyl groups is 3. The van der Waals surface area contributed by atoms with Gasteiger partial charge in [0.1, 0.15) is 54.0 Å². The highest BCUT2D eigenvalue weighted by molar-refractivity contribution is 5.97. The Morgan fingerprint density at radius 2 is 1.73 bits per heavy atom.